The molecule has 15 heavy (non-hydrogen) atoms. The van der Waals surface area contributed by atoms with Crippen molar-refractivity contribution in [2.24, 2.45) is 5.14 Å². The molecular weight excluding hydrogens is 214 g/mol. The molecule has 0 saturated carbocycles. The highest BCUT2D eigenvalue weighted by atomic mass is 32.2. The number of rotatable bonds is 1. The molecule has 0 aliphatic rings. The standard InChI is InChI=1S/C7H9NO2S.C3H6O/c1-6-4-2-3-5-7(6)11(8,9)10;1-3(2)4/h2-5H,1H3,(H2,8,9,10);1-2H3. The van der Waals surface area contributed by atoms with Crippen LogP contribution in [0.25, 0.3) is 0 Å². The van der Waals surface area contributed by atoms with Crippen molar-refractivity contribution >= 4 is 15.8 Å². The minimum absolute atomic E-state index is 0.167. The summed E-state index contributed by atoms with van der Waals surface area (Å²) in [6.07, 6.45) is 0. The number of aryl methyl sites for hydroxylation is 1. The van der Waals surface area contributed by atoms with E-state index in [4.69, 9.17) is 5.14 Å². The van der Waals surface area contributed by atoms with Crippen LogP contribution < -0.4 is 5.14 Å². The maximum atomic E-state index is 10.8. The Kier molecular flexibility index (Phi) is 5.18. The predicted octanol–water partition coefficient (Wildman–Crippen LogP) is 1.24. The van der Waals surface area contributed by atoms with Gasteiger partial charge in [-0.2, -0.15) is 0 Å². The average Bonchev–Trinajstić information content (AvgIpc) is 2.01. The molecule has 84 valence electrons. The second-order valence-electron chi connectivity index (χ2n) is 3.22. The van der Waals surface area contributed by atoms with E-state index in [-0.39, 0.29) is 10.7 Å². The van der Waals surface area contributed by atoms with E-state index in [2.05, 4.69) is 0 Å². The number of benzene rings is 1. The van der Waals surface area contributed by atoms with Crippen LogP contribution in [0.2, 0.25) is 0 Å². The van der Waals surface area contributed by atoms with Gasteiger partial charge in [-0.1, -0.05) is 18.2 Å². The Hall–Kier alpha value is -1.20. The SMILES string of the molecule is CC(C)=O.Cc1ccccc1S(N)(=O)=O. The number of hydrogen-bond acceptors (Lipinski definition) is 3. The van der Waals surface area contributed by atoms with Crippen molar-refractivity contribution in [2.45, 2.75) is 25.7 Å². The lowest BCUT2D eigenvalue weighted by Gasteiger charge is -2.00. The van der Waals surface area contributed by atoms with E-state index in [9.17, 15) is 13.2 Å². The molecule has 0 unspecified atom stereocenters. The van der Waals surface area contributed by atoms with Gasteiger partial charge < -0.3 is 4.79 Å². The summed E-state index contributed by atoms with van der Waals surface area (Å²) in [6.45, 7) is 4.76. The van der Waals surface area contributed by atoms with Crippen molar-refractivity contribution in [3.8, 4) is 0 Å². The molecule has 0 aromatic heterocycles. The first-order valence-electron chi connectivity index (χ1n) is 4.30. The number of Topliss-reactive ketones (excluding diaryl/α,β-unsaturated/α-hetero) is 1. The van der Waals surface area contributed by atoms with Crippen LogP contribution in [0.4, 0.5) is 0 Å². The number of nitrogens with two attached hydrogens (primary N) is 1. The lowest BCUT2D eigenvalue weighted by Crippen LogP contribution is -2.13. The molecule has 0 atom stereocenters. The summed E-state index contributed by atoms with van der Waals surface area (Å²) < 4.78 is 21.7. The van der Waals surface area contributed by atoms with Gasteiger partial charge in [0.2, 0.25) is 10.0 Å². The van der Waals surface area contributed by atoms with Crippen LogP contribution in [0.3, 0.4) is 0 Å². The summed E-state index contributed by atoms with van der Waals surface area (Å²) in [6, 6.07) is 6.61. The van der Waals surface area contributed by atoms with Crippen LogP contribution in [-0.2, 0) is 14.8 Å². The zero-order valence-corrected chi connectivity index (χ0v) is 9.84. The monoisotopic (exact) mass is 229 g/mol. The largest absolute Gasteiger partial charge is 0.300 e. The Bertz CT molecular complexity index is 434. The maximum Gasteiger partial charge on any atom is 0.238 e. The van der Waals surface area contributed by atoms with Gasteiger partial charge in [0, 0.05) is 0 Å². The molecule has 1 rings (SSSR count). The lowest BCUT2D eigenvalue weighted by molar-refractivity contribution is -0.114. The van der Waals surface area contributed by atoms with Gasteiger partial charge in [-0.25, -0.2) is 13.6 Å². The Balaban J connectivity index is 0.000000423. The summed E-state index contributed by atoms with van der Waals surface area (Å²) in [5.74, 6) is 0.167. The van der Waals surface area contributed by atoms with Gasteiger partial charge in [0.1, 0.15) is 5.78 Å². The maximum absolute atomic E-state index is 10.8. The second kappa shape index (κ2) is 5.63. The lowest BCUT2D eigenvalue weighted by atomic mass is 10.2. The number of carbonyl (C=O) groups excluding carboxylic acids is 1. The van der Waals surface area contributed by atoms with Crippen LogP contribution in [0.15, 0.2) is 29.2 Å². The molecule has 0 radical (unpaired) electrons. The number of primary sulfonamides is 1. The topological polar surface area (TPSA) is 77.2 Å². The van der Waals surface area contributed by atoms with E-state index < -0.39 is 10.0 Å². The summed E-state index contributed by atoms with van der Waals surface area (Å²) in [5.41, 5.74) is 0.676. The van der Waals surface area contributed by atoms with Gasteiger partial charge >= 0.3 is 0 Å². The van der Waals surface area contributed by atoms with Crippen LogP contribution in [0.1, 0.15) is 19.4 Å². The zero-order valence-electron chi connectivity index (χ0n) is 9.02. The Morgan fingerprint density at radius 3 is 1.87 bits per heavy atom. The quantitative estimate of drug-likeness (QED) is 0.787. The fraction of sp³-hybridized carbons (Fsp3) is 0.300. The summed E-state index contributed by atoms with van der Waals surface area (Å²) in [7, 11) is -3.53. The van der Waals surface area contributed by atoms with Gasteiger partial charge in [-0.15, -0.1) is 0 Å². The van der Waals surface area contributed by atoms with E-state index in [0.29, 0.717) is 5.56 Å². The second-order valence-corrected chi connectivity index (χ2v) is 4.75. The van der Waals surface area contributed by atoms with Crippen molar-refractivity contribution in [3.63, 3.8) is 0 Å². The number of ketones is 1. The van der Waals surface area contributed by atoms with Crippen LogP contribution >= 0.6 is 0 Å². The van der Waals surface area contributed by atoms with Crippen LogP contribution in [0.5, 0.6) is 0 Å². The molecule has 1 aromatic carbocycles. The Labute approximate surface area is 90.2 Å². The molecule has 0 spiro atoms. The highest BCUT2D eigenvalue weighted by molar-refractivity contribution is 7.89. The molecule has 0 aliphatic carbocycles. The Morgan fingerprint density at radius 2 is 1.60 bits per heavy atom. The normalized spacial score (nSPS) is 10.1. The van der Waals surface area contributed by atoms with E-state index >= 15 is 0 Å². The summed E-state index contributed by atoms with van der Waals surface area (Å²) in [5, 5.41) is 4.93. The first kappa shape index (κ1) is 13.8. The van der Waals surface area contributed by atoms with Gasteiger partial charge in [0.15, 0.2) is 0 Å². The van der Waals surface area contributed by atoms with E-state index in [1.165, 1.54) is 19.9 Å². The van der Waals surface area contributed by atoms with E-state index in [1.54, 1.807) is 25.1 Å². The molecule has 4 nitrogen and oxygen atoms in total. The molecule has 0 fully saturated rings. The third-order valence-electron chi connectivity index (χ3n) is 1.40. The van der Waals surface area contributed by atoms with Crippen molar-refractivity contribution in [1.82, 2.24) is 0 Å². The molecule has 0 bridgehead atoms. The van der Waals surface area contributed by atoms with Gasteiger partial charge in [-0.3, -0.25) is 0 Å². The minimum Gasteiger partial charge on any atom is -0.300 e. The smallest absolute Gasteiger partial charge is 0.238 e. The third-order valence-corrected chi connectivity index (χ3v) is 2.47. The predicted molar refractivity (Wildman–Crippen MR) is 58.9 cm³/mol. The van der Waals surface area contributed by atoms with Crippen molar-refractivity contribution in [2.75, 3.05) is 0 Å². The minimum atomic E-state index is -3.53. The van der Waals surface area contributed by atoms with Crippen molar-refractivity contribution in [1.29, 1.82) is 0 Å². The number of carbonyl (C=O) groups is 1. The zero-order chi connectivity index (χ0) is 12.1. The molecule has 0 saturated heterocycles. The highest BCUT2D eigenvalue weighted by Crippen LogP contribution is 2.10. The Morgan fingerprint density at radius 1 is 1.20 bits per heavy atom. The summed E-state index contributed by atoms with van der Waals surface area (Å²) in [4.78, 5) is 9.64. The van der Waals surface area contributed by atoms with E-state index in [1.807, 2.05) is 0 Å². The van der Waals surface area contributed by atoms with Gasteiger partial charge in [-0.05, 0) is 32.4 Å². The molecule has 5 heteroatoms. The van der Waals surface area contributed by atoms with Gasteiger partial charge in [0.25, 0.3) is 0 Å². The highest BCUT2D eigenvalue weighted by Gasteiger charge is 2.08. The summed E-state index contributed by atoms with van der Waals surface area (Å²) >= 11 is 0. The molecule has 0 amide bonds. The van der Waals surface area contributed by atoms with E-state index in [0.717, 1.165) is 0 Å². The van der Waals surface area contributed by atoms with Crippen LogP contribution in [0, 0.1) is 6.92 Å². The molecule has 0 aliphatic heterocycles. The molecule has 0 heterocycles. The number of sulfonamides is 1. The average molecular weight is 229 g/mol. The fourth-order valence-corrected chi connectivity index (χ4v) is 1.66. The van der Waals surface area contributed by atoms with Crippen molar-refractivity contribution in [3.05, 3.63) is 29.8 Å². The molecular formula is C10H15NO3S. The third kappa shape index (κ3) is 5.98. The first-order valence-corrected chi connectivity index (χ1v) is 5.85. The molecule has 2 N–H and O–H groups in total. The molecule has 1 aromatic rings. The number of hydrogen-bond donors (Lipinski definition) is 1. The fourth-order valence-electron chi connectivity index (χ4n) is 0.876. The van der Waals surface area contributed by atoms with Crippen molar-refractivity contribution < 1.29 is 13.2 Å². The van der Waals surface area contributed by atoms with Crippen LogP contribution in [-0.4, -0.2) is 14.2 Å². The first-order chi connectivity index (χ1) is 6.75. The van der Waals surface area contributed by atoms with Gasteiger partial charge in [0.05, 0.1) is 4.90 Å².